The summed E-state index contributed by atoms with van der Waals surface area (Å²) in [6, 6.07) is 15.1. The Kier molecular flexibility index (Phi) is 9.93. The molecule has 0 aromatic heterocycles. The number of unbranched alkanes of at least 4 members (excludes halogenated alkanes) is 1. The van der Waals surface area contributed by atoms with Crippen molar-refractivity contribution >= 4 is 11.9 Å². The molecule has 0 spiro atoms. The molecule has 33 heavy (non-hydrogen) atoms. The summed E-state index contributed by atoms with van der Waals surface area (Å²) in [6.07, 6.45) is 3.27. The van der Waals surface area contributed by atoms with Gasteiger partial charge in [0, 0.05) is 0 Å². The fraction of sp³-hybridized carbons (Fsp3) is 0.444. The number of esters is 2. The van der Waals surface area contributed by atoms with Gasteiger partial charge >= 0.3 is 11.9 Å². The SMILES string of the molecule is CCCC(C(=O)OCCCCOc1ccc(C(=O)Oc2ccc(C#N)cc2)cc1)C(C)(C)C. The topological polar surface area (TPSA) is 85.6 Å². The molecular formula is C27H33NO5. The fourth-order valence-corrected chi connectivity index (χ4v) is 3.31. The van der Waals surface area contributed by atoms with Crippen molar-refractivity contribution in [3.63, 3.8) is 0 Å². The first-order valence-electron chi connectivity index (χ1n) is 11.4. The molecule has 0 fully saturated rings. The highest BCUT2D eigenvalue weighted by Crippen LogP contribution is 2.30. The summed E-state index contributed by atoms with van der Waals surface area (Å²) in [4.78, 5) is 24.6. The summed E-state index contributed by atoms with van der Waals surface area (Å²) in [7, 11) is 0. The molecule has 176 valence electrons. The maximum Gasteiger partial charge on any atom is 0.343 e. The van der Waals surface area contributed by atoms with Crippen molar-refractivity contribution in [3.05, 3.63) is 59.7 Å². The number of benzene rings is 2. The summed E-state index contributed by atoms with van der Waals surface area (Å²) in [6.45, 7) is 9.17. The Labute approximate surface area is 196 Å². The molecule has 0 aliphatic heterocycles. The highest BCUT2D eigenvalue weighted by Gasteiger charge is 2.31. The Bertz CT molecular complexity index is 936. The molecule has 1 unspecified atom stereocenters. The highest BCUT2D eigenvalue weighted by atomic mass is 16.5. The number of nitriles is 1. The summed E-state index contributed by atoms with van der Waals surface area (Å²) < 4.78 is 16.5. The highest BCUT2D eigenvalue weighted by molar-refractivity contribution is 5.91. The number of nitrogens with zero attached hydrogens (tertiary/aromatic N) is 1. The van der Waals surface area contributed by atoms with Gasteiger partial charge in [0.15, 0.2) is 0 Å². The van der Waals surface area contributed by atoms with Crippen LogP contribution in [0.15, 0.2) is 48.5 Å². The van der Waals surface area contributed by atoms with Gasteiger partial charge < -0.3 is 14.2 Å². The van der Waals surface area contributed by atoms with Gasteiger partial charge in [0.05, 0.1) is 36.3 Å². The standard InChI is InChI=1S/C27H33NO5/c1-5-8-24(27(2,3)4)26(30)32-18-7-6-17-31-22-15-11-21(12-16-22)25(29)33-23-13-9-20(19-28)10-14-23/h9-16,24H,5-8,17-18H2,1-4H3. The van der Waals surface area contributed by atoms with Crippen molar-refractivity contribution in [1.82, 2.24) is 0 Å². The average Bonchev–Trinajstić information content (AvgIpc) is 2.79. The van der Waals surface area contributed by atoms with Gasteiger partial charge in [0.2, 0.25) is 0 Å². The molecule has 1 atom stereocenters. The lowest BCUT2D eigenvalue weighted by Gasteiger charge is -2.28. The predicted octanol–water partition coefficient (Wildman–Crippen LogP) is 5.94. The van der Waals surface area contributed by atoms with Crippen LogP contribution in [0.5, 0.6) is 11.5 Å². The molecule has 0 heterocycles. The third-order valence-corrected chi connectivity index (χ3v) is 5.24. The zero-order valence-electron chi connectivity index (χ0n) is 19.9. The lowest BCUT2D eigenvalue weighted by molar-refractivity contribution is -0.153. The zero-order chi connectivity index (χ0) is 24.3. The van der Waals surface area contributed by atoms with Gasteiger partial charge in [-0.25, -0.2) is 4.79 Å². The minimum absolute atomic E-state index is 0.0825. The lowest BCUT2D eigenvalue weighted by Crippen LogP contribution is -2.30. The first kappa shape index (κ1) is 25.9. The number of carbonyl (C=O) groups excluding carboxylic acids is 2. The van der Waals surface area contributed by atoms with Crippen molar-refractivity contribution in [2.45, 2.75) is 53.4 Å². The molecular weight excluding hydrogens is 418 g/mol. The second-order valence-electron chi connectivity index (χ2n) is 8.98. The number of ether oxygens (including phenoxy) is 3. The van der Waals surface area contributed by atoms with Gasteiger partial charge in [-0.15, -0.1) is 0 Å². The summed E-state index contributed by atoms with van der Waals surface area (Å²) >= 11 is 0. The largest absolute Gasteiger partial charge is 0.494 e. The van der Waals surface area contributed by atoms with E-state index in [1.165, 1.54) is 0 Å². The van der Waals surface area contributed by atoms with E-state index in [1.54, 1.807) is 48.5 Å². The Morgan fingerprint density at radius 1 is 0.939 bits per heavy atom. The number of carbonyl (C=O) groups is 2. The first-order chi connectivity index (χ1) is 15.7. The van der Waals surface area contributed by atoms with Crippen LogP contribution in [-0.4, -0.2) is 25.2 Å². The molecule has 0 saturated heterocycles. The Hall–Kier alpha value is -3.33. The molecule has 0 amide bonds. The Balaban J connectivity index is 1.70. The van der Waals surface area contributed by atoms with E-state index < -0.39 is 5.97 Å². The molecule has 0 bridgehead atoms. The number of hydrogen-bond acceptors (Lipinski definition) is 6. The molecule has 6 heteroatoms. The number of rotatable bonds is 11. The van der Waals surface area contributed by atoms with E-state index in [0.29, 0.717) is 35.8 Å². The van der Waals surface area contributed by atoms with Gasteiger partial charge in [-0.05, 0) is 73.2 Å². The minimum atomic E-state index is -0.482. The molecule has 0 radical (unpaired) electrons. The van der Waals surface area contributed by atoms with Crippen LogP contribution in [0.1, 0.15) is 69.3 Å². The fourth-order valence-electron chi connectivity index (χ4n) is 3.31. The third kappa shape index (κ3) is 8.61. The molecule has 2 rings (SSSR count). The van der Waals surface area contributed by atoms with E-state index in [2.05, 4.69) is 27.7 Å². The summed E-state index contributed by atoms with van der Waals surface area (Å²) in [5, 5.41) is 8.82. The molecule has 0 aliphatic rings. The molecule has 0 saturated carbocycles. The number of hydrogen-bond donors (Lipinski definition) is 0. The van der Waals surface area contributed by atoms with Gasteiger partial charge in [0.25, 0.3) is 0 Å². The van der Waals surface area contributed by atoms with Crippen LogP contribution in [0.4, 0.5) is 0 Å². The van der Waals surface area contributed by atoms with Crippen LogP contribution in [0, 0.1) is 22.7 Å². The molecule has 2 aromatic carbocycles. The van der Waals surface area contributed by atoms with Crippen molar-refractivity contribution < 1.29 is 23.8 Å². The van der Waals surface area contributed by atoms with Crippen LogP contribution in [0.25, 0.3) is 0 Å². The maximum atomic E-state index is 12.4. The van der Waals surface area contributed by atoms with Crippen LogP contribution >= 0.6 is 0 Å². The lowest BCUT2D eigenvalue weighted by atomic mass is 9.78. The summed E-state index contributed by atoms with van der Waals surface area (Å²) in [5.41, 5.74) is 0.802. The average molecular weight is 452 g/mol. The molecule has 2 aromatic rings. The quantitative estimate of drug-likeness (QED) is 0.239. The summed E-state index contributed by atoms with van der Waals surface area (Å²) in [5.74, 6) is 0.348. The van der Waals surface area contributed by atoms with Crippen molar-refractivity contribution in [2.75, 3.05) is 13.2 Å². The van der Waals surface area contributed by atoms with E-state index in [1.807, 2.05) is 6.07 Å². The normalized spacial score (nSPS) is 11.8. The predicted molar refractivity (Wildman–Crippen MR) is 126 cm³/mol. The van der Waals surface area contributed by atoms with Gasteiger partial charge in [-0.3, -0.25) is 4.79 Å². The Morgan fingerprint density at radius 2 is 1.55 bits per heavy atom. The van der Waals surface area contributed by atoms with Crippen LogP contribution in [0.2, 0.25) is 0 Å². The van der Waals surface area contributed by atoms with E-state index >= 15 is 0 Å². The smallest absolute Gasteiger partial charge is 0.343 e. The van der Waals surface area contributed by atoms with Crippen LogP contribution in [-0.2, 0) is 9.53 Å². The first-order valence-corrected chi connectivity index (χ1v) is 11.4. The third-order valence-electron chi connectivity index (χ3n) is 5.24. The van der Waals surface area contributed by atoms with Crippen molar-refractivity contribution in [1.29, 1.82) is 5.26 Å². The molecule has 0 N–H and O–H groups in total. The minimum Gasteiger partial charge on any atom is -0.494 e. The van der Waals surface area contributed by atoms with Crippen LogP contribution in [0.3, 0.4) is 0 Å². The van der Waals surface area contributed by atoms with E-state index in [-0.39, 0.29) is 17.3 Å². The zero-order valence-corrected chi connectivity index (χ0v) is 19.9. The maximum absolute atomic E-state index is 12.4. The van der Waals surface area contributed by atoms with Crippen molar-refractivity contribution in [2.24, 2.45) is 11.3 Å². The molecule has 6 nitrogen and oxygen atoms in total. The van der Waals surface area contributed by atoms with Gasteiger partial charge in [0.1, 0.15) is 11.5 Å². The Morgan fingerprint density at radius 3 is 2.12 bits per heavy atom. The second kappa shape index (κ2) is 12.6. The van der Waals surface area contributed by atoms with Crippen molar-refractivity contribution in [3.8, 4) is 17.6 Å². The molecule has 0 aliphatic carbocycles. The monoisotopic (exact) mass is 451 g/mol. The van der Waals surface area contributed by atoms with E-state index in [4.69, 9.17) is 19.5 Å². The van der Waals surface area contributed by atoms with E-state index in [0.717, 1.165) is 25.7 Å². The van der Waals surface area contributed by atoms with Crippen LogP contribution < -0.4 is 9.47 Å². The van der Waals surface area contributed by atoms with Gasteiger partial charge in [-0.2, -0.15) is 5.26 Å². The van der Waals surface area contributed by atoms with Gasteiger partial charge in [-0.1, -0.05) is 34.1 Å². The second-order valence-corrected chi connectivity index (χ2v) is 8.98. The van der Waals surface area contributed by atoms with E-state index in [9.17, 15) is 9.59 Å².